The monoisotopic (exact) mass is 260 g/mol. The molecule has 0 aliphatic heterocycles. The van der Waals surface area contributed by atoms with Crippen LogP contribution in [0.3, 0.4) is 0 Å². The molecule has 0 fully saturated rings. The number of amides is 1. The van der Waals surface area contributed by atoms with Crippen LogP contribution >= 0.6 is 22.9 Å². The maximum Gasteiger partial charge on any atom is 0.239 e. The average molecular weight is 261 g/mol. The first kappa shape index (κ1) is 13.5. The number of likely N-dealkylation sites (N-methyl/N-ethyl adjacent to an activating group) is 2. The van der Waals surface area contributed by atoms with Gasteiger partial charge in [0, 0.05) is 25.5 Å². The number of halogens is 1. The highest BCUT2D eigenvalue weighted by Gasteiger charge is 2.19. The Morgan fingerprint density at radius 3 is 2.50 bits per heavy atom. The first-order valence-electron chi connectivity index (χ1n) is 5.07. The minimum Gasteiger partial charge on any atom is -0.347 e. The quantitative estimate of drug-likeness (QED) is 0.830. The van der Waals surface area contributed by atoms with Crippen molar-refractivity contribution in [1.29, 1.82) is 0 Å². The molecule has 1 aromatic rings. The van der Waals surface area contributed by atoms with E-state index in [0.29, 0.717) is 0 Å². The molecule has 16 heavy (non-hydrogen) atoms. The molecule has 1 heterocycles. The van der Waals surface area contributed by atoms with Gasteiger partial charge in [-0.25, -0.2) is 0 Å². The number of hydrogen-bond donors (Lipinski definition) is 0. The number of thiophene rings is 1. The Bertz CT molecular complexity index is 365. The van der Waals surface area contributed by atoms with Gasteiger partial charge in [-0.3, -0.25) is 9.69 Å². The van der Waals surface area contributed by atoms with Crippen molar-refractivity contribution in [2.75, 3.05) is 21.1 Å². The van der Waals surface area contributed by atoms with Gasteiger partial charge in [-0.2, -0.15) is 0 Å². The van der Waals surface area contributed by atoms with E-state index < -0.39 is 0 Å². The number of hydrogen-bond acceptors (Lipinski definition) is 3. The summed E-state index contributed by atoms with van der Waals surface area (Å²) in [7, 11) is 5.49. The van der Waals surface area contributed by atoms with E-state index in [4.69, 9.17) is 11.6 Å². The lowest BCUT2D eigenvalue weighted by Crippen LogP contribution is -2.42. The average Bonchev–Trinajstić information content (AvgIpc) is 2.61. The summed E-state index contributed by atoms with van der Waals surface area (Å²) >= 11 is 7.41. The summed E-state index contributed by atoms with van der Waals surface area (Å²) in [5, 5.41) is 0. The summed E-state index contributed by atoms with van der Waals surface area (Å²) in [6, 6.07) is 3.76. The molecule has 3 nitrogen and oxygen atoms in total. The highest BCUT2D eigenvalue weighted by Crippen LogP contribution is 2.22. The minimum absolute atomic E-state index is 0.115. The van der Waals surface area contributed by atoms with Crippen LogP contribution in [-0.2, 0) is 11.3 Å². The molecule has 1 amide bonds. The molecular formula is C11H17ClN2OS. The lowest BCUT2D eigenvalue weighted by Gasteiger charge is -2.25. The fraction of sp³-hybridized carbons (Fsp3) is 0.545. The molecule has 0 spiro atoms. The van der Waals surface area contributed by atoms with Crippen molar-refractivity contribution in [3.8, 4) is 0 Å². The van der Waals surface area contributed by atoms with E-state index in [0.717, 1.165) is 10.9 Å². The highest BCUT2D eigenvalue weighted by atomic mass is 35.5. The second-order valence-corrected chi connectivity index (χ2v) is 5.83. The van der Waals surface area contributed by atoms with E-state index >= 15 is 0 Å². The maximum absolute atomic E-state index is 11.7. The topological polar surface area (TPSA) is 23.6 Å². The summed E-state index contributed by atoms with van der Waals surface area (Å²) in [6.07, 6.45) is 0. The van der Waals surface area contributed by atoms with Gasteiger partial charge in [-0.1, -0.05) is 11.6 Å². The number of carbonyl (C=O) groups is 1. The molecule has 1 rings (SSSR count). The van der Waals surface area contributed by atoms with Gasteiger partial charge < -0.3 is 4.90 Å². The van der Waals surface area contributed by atoms with Gasteiger partial charge >= 0.3 is 0 Å². The molecule has 0 aromatic carbocycles. The smallest absolute Gasteiger partial charge is 0.239 e. The molecule has 0 radical (unpaired) electrons. The standard InChI is InChI=1S/C11H17ClN2OS/c1-8(11(15)13(2)3)14(4)7-9-5-6-10(12)16-9/h5-6,8H,7H2,1-4H3. The maximum atomic E-state index is 11.7. The molecule has 0 saturated carbocycles. The predicted molar refractivity (Wildman–Crippen MR) is 69.0 cm³/mol. The first-order chi connectivity index (χ1) is 7.41. The molecule has 1 atom stereocenters. The summed E-state index contributed by atoms with van der Waals surface area (Å²) in [4.78, 5) is 16.5. The molecule has 90 valence electrons. The van der Waals surface area contributed by atoms with Gasteiger partial charge in [0.1, 0.15) is 0 Å². The highest BCUT2D eigenvalue weighted by molar-refractivity contribution is 7.16. The zero-order chi connectivity index (χ0) is 12.3. The fourth-order valence-corrected chi connectivity index (χ4v) is 2.53. The van der Waals surface area contributed by atoms with Crippen LogP contribution < -0.4 is 0 Å². The predicted octanol–water partition coefficient (Wildman–Crippen LogP) is 2.31. The van der Waals surface area contributed by atoms with Gasteiger partial charge in [0.15, 0.2) is 0 Å². The largest absolute Gasteiger partial charge is 0.347 e. The van der Waals surface area contributed by atoms with Gasteiger partial charge in [-0.15, -0.1) is 11.3 Å². The van der Waals surface area contributed by atoms with Crippen LogP contribution in [0.2, 0.25) is 4.34 Å². The third-order valence-corrected chi connectivity index (χ3v) is 3.71. The van der Waals surface area contributed by atoms with Gasteiger partial charge in [0.25, 0.3) is 0 Å². The number of nitrogens with zero attached hydrogens (tertiary/aromatic N) is 2. The Morgan fingerprint density at radius 1 is 1.44 bits per heavy atom. The second kappa shape index (κ2) is 5.66. The summed E-state index contributed by atoms with van der Waals surface area (Å²) < 4.78 is 0.787. The third kappa shape index (κ3) is 3.47. The van der Waals surface area contributed by atoms with E-state index in [1.54, 1.807) is 30.3 Å². The summed E-state index contributed by atoms with van der Waals surface area (Å²) in [5.41, 5.74) is 0. The molecular weight excluding hydrogens is 244 g/mol. The van der Waals surface area contributed by atoms with Crippen molar-refractivity contribution in [3.05, 3.63) is 21.3 Å². The Kier molecular flexibility index (Phi) is 4.77. The van der Waals surface area contributed by atoms with Crippen molar-refractivity contribution in [2.24, 2.45) is 0 Å². The minimum atomic E-state index is -0.115. The van der Waals surface area contributed by atoms with E-state index in [1.165, 1.54) is 4.88 Å². The Hall–Kier alpha value is -0.580. The van der Waals surface area contributed by atoms with Crippen LogP contribution in [0.4, 0.5) is 0 Å². The third-order valence-electron chi connectivity index (χ3n) is 2.49. The molecule has 0 aliphatic carbocycles. The number of carbonyl (C=O) groups excluding carboxylic acids is 1. The molecule has 0 bridgehead atoms. The molecule has 0 saturated heterocycles. The lowest BCUT2D eigenvalue weighted by molar-refractivity contribution is -0.133. The fourth-order valence-electron chi connectivity index (χ4n) is 1.38. The first-order valence-corrected chi connectivity index (χ1v) is 6.27. The second-order valence-electron chi connectivity index (χ2n) is 4.03. The van der Waals surface area contributed by atoms with E-state index in [2.05, 4.69) is 0 Å². The Balaban J connectivity index is 2.58. The van der Waals surface area contributed by atoms with Crippen molar-refractivity contribution in [2.45, 2.75) is 19.5 Å². The molecule has 0 N–H and O–H groups in total. The zero-order valence-corrected chi connectivity index (χ0v) is 11.6. The summed E-state index contributed by atoms with van der Waals surface area (Å²) in [6.45, 7) is 2.66. The SMILES string of the molecule is CC(C(=O)N(C)C)N(C)Cc1ccc(Cl)s1. The van der Waals surface area contributed by atoms with Crippen molar-refractivity contribution < 1.29 is 4.79 Å². The van der Waals surface area contributed by atoms with Crippen LogP contribution in [0.25, 0.3) is 0 Å². The number of rotatable bonds is 4. The van der Waals surface area contributed by atoms with Crippen LogP contribution in [-0.4, -0.2) is 42.9 Å². The van der Waals surface area contributed by atoms with Crippen molar-refractivity contribution in [1.82, 2.24) is 9.80 Å². The van der Waals surface area contributed by atoms with Gasteiger partial charge in [0.2, 0.25) is 5.91 Å². The molecule has 5 heteroatoms. The Labute approximate surface area is 106 Å². The van der Waals surface area contributed by atoms with Gasteiger partial charge in [-0.05, 0) is 26.1 Å². The van der Waals surface area contributed by atoms with E-state index in [1.807, 2.05) is 31.0 Å². The molecule has 1 unspecified atom stereocenters. The van der Waals surface area contributed by atoms with Crippen LogP contribution in [0.15, 0.2) is 12.1 Å². The van der Waals surface area contributed by atoms with Gasteiger partial charge in [0.05, 0.1) is 10.4 Å². The van der Waals surface area contributed by atoms with Crippen molar-refractivity contribution in [3.63, 3.8) is 0 Å². The van der Waals surface area contributed by atoms with Crippen LogP contribution in [0.1, 0.15) is 11.8 Å². The van der Waals surface area contributed by atoms with Crippen LogP contribution in [0.5, 0.6) is 0 Å². The van der Waals surface area contributed by atoms with Crippen LogP contribution in [0, 0.1) is 0 Å². The lowest BCUT2D eigenvalue weighted by atomic mass is 10.2. The molecule has 1 aromatic heterocycles. The normalized spacial score (nSPS) is 12.9. The Morgan fingerprint density at radius 2 is 2.06 bits per heavy atom. The van der Waals surface area contributed by atoms with Crippen molar-refractivity contribution >= 4 is 28.8 Å². The van der Waals surface area contributed by atoms with E-state index in [-0.39, 0.29) is 11.9 Å². The zero-order valence-electron chi connectivity index (χ0n) is 10.0. The van der Waals surface area contributed by atoms with E-state index in [9.17, 15) is 4.79 Å². The molecule has 0 aliphatic rings. The summed E-state index contributed by atoms with van der Waals surface area (Å²) in [5.74, 6) is 0.116.